The summed E-state index contributed by atoms with van der Waals surface area (Å²) in [6.45, 7) is 2.37. The quantitative estimate of drug-likeness (QED) is 0.776. The number of methoxy groups -OCH3 is 1. The fraction of sp³-hybridized carbons (Fsp3) is 0.455. The van der Waals surface area contributed by atoms with Gasteiger partial charge >= 0.3 is 5.97 Å². The van der Waals surface area contributed by atoms with Crippen molar-refractivity contribution in [2.24, 2.45) is 7.05 Å². The van der Waals surface area contributed by atoms with Crippen molar-refractivity contribution in [3.8, 4) is 0 Å². The van der Waals surface area contributed by atoms with Crippen LogP contribution < -0.4 is 5.73 Å². The minimum absolute atomic E-state index is 0.151. The zero-order valence-electron chi connectivity index (χ0n) is 11.1. The Labute approximate surface area is 110 Å². The molecule has 0 aliphatic carbocycles. The van der Waals surface area contributed by atoms with E-state index in [1.165, 1.54) is 7.11 Å². The van der Waals surface area contributed by atoms with Crippen LogP contribution in [-0.2, 0) is 24.8 Å². The lowest BCUT2D eigenvalue weighted by Gasteiger charge is -2.07. The van der Waals surface area contributed by atoms with Gasteiger partial charge < -0.3 is 19.6 Å². The Morgan fingerprint density at radius 2 is 2.26 bits per heavy atom. The summed E-state index contributed by atoms with van der Waals surface area (Å²) >= 11 is 0. The van der Waals surface area contributed by atoms with Gasteiger partial charge in [0.05, 0.1) is 7.11 Å². The molecule has 0 fully saturated rings. The summed E-state index contributed by atoms with van der Waals surface area (Å²) in [5.41, 5.74) is 6.07. The molecular formula is C11H16N6O2. The first-order chi connectivity index (χ1) is 9.04. The first kappa shape index (κ1) is 13.1. The highest BCUT2D eigenvalue weighted by Crippen LogP contribution is 2.15. The maximum atomic E-state index is 11.5. The summed E-state index contributed by atoms with van der Waals surface area (Å²) in [7, 11) is 3.18. The highest BCUT2D eigenvalue weighted by Gasteiger charge is 2.19. The Bertz CT molecular complexity index is 600. The zero-order valence-corrected chi connectivity index (χ0v) is 11.1. The van der Waals surface area contributed by atoms with Gasteiger partial charge in [-0.25, -0.2) is 9.78 Å². The van der Waals surface area contributed by atoms with Gasteiger partial charge in [-0.05, 0) is 6.92 Å². The van der Waals surface area contributed by atoms with Crippen LogP contribution in [0.3, 0.4) is 0 Å². The van der Waals surface area contributed by atoms with E-state index < -0.39 is 5.97 Å². The maximum absolute atomic E-state index is 11.5. The summed E-state index contributed by atoms with van der Waals surface area (Å²) in [4.78, 5) is 15.6. The van der Waals surface area contributed by atoms with Crippen LogP contribution in [0.5, 0.6) is 0 Å². The number of aromatic nitrogens is 5. The van der Waals surface area contributed by atoms with Crippen molar-refractivity contribution in [2.45, 2.75) is 19.9 Å². The normalized spacial score (nSPS) is 10.7. The number of nitrogen functional groups attached to an aromatic ring is 1. The number of rotatable bonds is 4. The summed E-state index contributed by atoms with van der Waals surface area (Å²) in [5.74, 6) is 1.29. The first-order valence-electron chi connectivity index (χ1n) is 5.78. The SMILES string of the molecule is COC(=O)c1nc(C)n(CCc2nncn2C)c1N. The molecule has 2 aromatic heterocycles. The summed E-state index contributed by atoms with van der Waals surface area (Å²) < 4.78 is 8.24. The number of aryl methyl sites for hydroxylation is 3. The van der Waals surface area contributed by atoms with E-state index in [4.69, 9.17) is 5.73 Å². The van der Waals surface area contributed by atoms with Gasteiger partial charge in [-0.15, -0.1) is 10.2 Å². The van der Waals surface area contributed by atoms with Crippen molar-refractivity contribution >= 4 is 11.8 Å². The van der Waals surface area contributed by atoms with E-state index in [0.717, 1.165) is 5.82 Å². The van der Waals surface area contributed by atoms with Crippen molar-refractivity contribution in [1.82, 2.24) is 24.3 Å². The van der Waals surface area contributed by atoms with Crippen LogP contribution in [0.25, 0.3) is 0 Å². The lowest BCUT2D eigenvalue weighted by Crippen LogP contribution is -2.11. The van der Waals surface area contributed by atoms with E-state index in [2.05, 4.69) is 19.9 Å². The van der Waals surface area contributed by atoms with Crippen LogP contribution in [0.15, 0.2) is 6.33 Å². The molecule has 2 N–H and O–H groups in total. The molecule has 0 bridgehead atoms. The molecule has 0 aliphatic heterocycles. The molecule has 2 heterocycles. The largest absolute Gasteiger partial charge is 0.464 e. The third-order valence-corrected chi connectivity index (χ3v) is 2.94. The lowest BCUT2D eigenvalue weighted by atomic mass is 10.3. The second-order valence-corrected chi connectivity index (χ2v) is 4.14. The Morgan fingerprint density at radius 3 is 2.84 bits per heavy atom. The molecule has 19 heavy (non-hydrogen) atoms. The maximum Gasteiger partial charge on any atom is 0.360 e. The summed E-state index contributed by atoms with van der Waals surface area (Å²) in [6, 6.07) is 0. The van der Waals surface area contributed by atoms with E-state index in [9.17, 15) is 4.79 Å². The van der Waals surface area contributed by atoms with Crippen molar-refractivity contribution < 1.29 is 9.53 Å². The predicted molar refractivity (Wildman–Crippen MR) is 67.4 cm³/mol. The van der Waals surface area contributed by atoms with Crippen LogP contribution in [-0.4, -0.2) is 37.4 Å². The van der Waals surface area contributed by atoms with Crippen LogP contribution in [0.2, 0.25) is 0 Å². The molecule has 2 rings (SSSR count). The number of nitrogens with zero attached hydrogens (tertiary/aromatic N) is 5. The third-order valence-electron chi connectivity index (χ3n) is 2.94. The Morgan fingerprint density at radius 1 is 1.53 bits per heavy atom. The molecule has 102 valence electrons. The van der Waals surface area contributed by atoms with Crippen LogP contribution in [0.4, 0.5) is 5.82 Å². The molecule has 0 amide bonds. The number of hydrogen-bond acceptors (Lipinski definition) is 6. The molecule has 0 radical (unpaired) electrons. The summed E-state index contributed by atoms with van der Waals surface area (Å²) in [5, 5.41) is 7.80. The van der Waals surface area contributed by atoms with E-state index in [1.807, 2.05) is 11.6 Å². The number of anilines is 1. The van der Waals surface area contributed by atoms with Crippen molar-refractivity contribution in [1.29, 1.82) is 0 Å². The second-order valence-electron chi connectivity index (χ2n) is 4.14. The van der Waals surface area contributed by atoms with Crippen LogP contribution in [0, 0.1) is 6.92 Å². The number of ether oxygens (including phenoxy) is 1. The summed E-state index contributed by atoms with van der Waals surface area (Å²) in [6.07, 6.45) is 2.29. The Kier molecular flexibility index (Phi) is 3.50. The second kappa shape index (κ2) is 5.09. The number of carbonyl (C=O) groups is 1. The lowest BCUT2D eigenvalue weighted by molar-refractivity contribution is 0.0595. The van der Waals surface area contributed by atoms with Crippen molar-refractivity contribution in [2.75, 3.05) is 12.8 Å². The number of carbonyl (C=O) groups excluding carboxylic acids is 1. The molecule has 8 heteroatoms. The smallest absolute Gasteiger partial charge is 0.360 e. The molecule has 2 aromatic rings. The van der Waals surface area contributed by atoms with E-state index >= 15 is 0 Å². The predicted octanol–water partition coefficient (Wildman–Crippen LogP) is -0.0685. The van der Waals surface area contributed by atoms with Gasteiger partial charge in [-0.2, -0.15) is 0 Å². The molecule has 0 spiro atoms. The highest BCUT2D eigenvalue weighted by molar-refractivity contribution is 5.92. The van der Waals surface area contributed by atoms with E-state index in [1.54, 1.807) is 17.8 Å². The van der Waals surface area contributed by atoms with Gasteiger partial charge in [0.1, 0.15) is 23.8 Å². The van der Waals surface area contributed by atoms with Gasteiger partial charge in [0.15, 0.2) is 5.69 Å². The molecule has 8 nitrogen and oxygen atoms in total. The van der Waals surface area contributed by atoms with Crippen molar-refractivity contribution in [3.63, 3.8) is 0 Å². The fourth-order valence-electron chi connectivity index (χ4n) is 1.86. The Balaban J connectivity index is 2.19. The topological polar surface area (TPSA) is 101 Å². The number of esters is 1. The number of hydrogen-bond donors (Lipinski definition) is 1. The van der Waals surface area contributed by atoms with Crippen LogP contribution >= 0.6 is 0 Å². The minimum atomic E-state index is -0.530. The minimum Gasteiger partial charge on any atom is -0.464 e. The van der Waals surface area contributed by atoms with Crippen molar-refractivity contribution in [3.05, 3.63) is 23.7 Å². The third kappa shape index (κ3) is 2.42. The van der Waals surface area contributed by atoms with Gasteiger partial charge in [0.25, 0.3) is 0 Å². The van der Waals surface area contributed by atoms with Crippen LogP contribution in [0.1, 0.15) is 22.1 Å². The average Bonchev–Trinajstić information content (AvgIpc) is 2.91. The van der Waals surface area contributed by atoms with E-state index in [0.29, 0.717) is 24.6 Å². The molecular weight excluding hydrogens is 248 g/mol. The average molecular weight is 264 g/mol. The standard InChI is InChI=1S/C11H16N6O2/c1-7-14-9(11(18)19-3)10(12)17(7)5-4-8-15-13-6-16(8)2/h6H,4-5,12H2,1-3H3. The fourth-order valence-corrected chi connectivity index (χ4v) is 1.86. The molecule has 0 saturated carbocycles. The van der Waals surface area contributed by atoms with Gasteiger partial charge in [0.2, 0.25) is 0 Å². The van der Waals surface area contributed by atoms with Gasteiger partial charge in [0, 0.05) is 20.0 Å². The molecule has 0 aliphatic rings. The number of nitrogens with two attached hydrogens (primary N) is 1. The van der Waals surface area contributed by atoms with E-state index in [-0.39, 0.29) is 5.69 Å². The highest BCUT2D eigenvalue weighted by atomic mass is 16.5. The molecule has 0 unspecified atom stereocenters. The van der Waals surface area contributed by atoms with Gasteiger partial charge in [-0.1, -0.05) is 0 Å². The number of imidazole rings is 1. The molecule has 0 atom stereocenters. The molecule has 0 saturated heterocycles. The molecule has 0 aromatic carbocycles. The monoisotopic (exact) mass is 264 g/mol. The first-order valence-corrected chi connectivity index (χ1v) is 5.78. The zero-order chi connectivity index (χ0) is 14.0. The van der Waals surface area contributed by atoms with Gasteiger partial charge in [-0.3, -0.25) is 0 Å². The Hall–Kier alpha value is -2.38.